The van der Waals surface area contributed by atoms with Crippen LogP contribution in [-0.2, 0) is 16.1 Å². The minimum absolute atomic E-state index is 0.0797. The lowest BCUT2D eigenvalue weighted by Crippen LogP contribution is -2.40. The molecule has 1 saturated heterocycles. The Hall–Kier alpha value is -3.46. The topological polar surface area (TPSA) is 78.0 Å². The number of amides is 1. The maximum absolute atomic E-state index is 13.1. The highest BCUT2D eigenvalue weighted by Gasteiger charge is 2.29. The maximum Gasteiger partial charge on any atom is 0.309 e. The summed E-state index contributed by atoms with van der Waals surface area (Å²) in [5.41, 5.74) is 1.90. The van der Waals surface area contributed by atoms with E-state index in [1.165, 1.54) is 35.6 Å². The number of aromatic nitrogens is 1. The highest BCUT2D eigenvalue weighted by atomic mass is 32.1. The summed E-state index contributed by atoms with van der Waals surface area (Å²) < 4.78 is 29.4. The highest BCUT2D eigenvalue weighted by molar-refractivity contribution is 7.13. The predicted octanol–water partition coefficient (Wildman–Crippen LogP) is 4.56. The molecule has 1 amide bonds. The highest BCUT2D eigenvalue weighted by Crippen LogP contribution is 2.39. The van der Waals surface area contributed by atoms with Gasteiger partial charge in [-0.15, -0.1) is 11.3 Å². The van der Waals surface area contributed by atoms with E-state index in [1.807, 2.05) is 23.6 Å². The number of likely N-dealkylation sites (tertiary alicyclic amines) is 1. The number of esters is 1. The number of benzene rings is 2. The first-order valence-corrected chi connectivity index (χ1v) is 11.8. The Morgan fingerprint density at radius 1 is 1.09 bits per heavy atom. The smallest absolute Gasteiger partial charge is 0.309 e. The van der Waals surface area contributed by atoms with Crippen molar-refractivity contribution >= 4 is 23.2 Å². The number of hydrogen-bond acceptors (Lipinski definition) is 7. The molecule has 1 fully saturated rings. The molecule has 0 unspecified atom stereocenters. The van der Waals surface area contributed by atoms with Crippen molar-refractivity contribution < 1.29 is 28.2 Å². The van der Waals surface area contributed by atoms with Crippen molar-refractivity contribution in [3.8, 4) is 22.1 Å². The van der Waals surface area contributed by atoms with Gasteiger partial charge in [-0.05, 0) is 49.2 Å². The molecular weight excluding hydrogens is 459 g/mol. The van der Waals surface area contributed by atoms with Crippen molar-refractivity contribution in [3.05, 3.63) is 64.9 Å². The zero-order chi connectivity index (χ0) is 24.1. The van der Waals surface area contributed by atoms with Gasteiger partial charge < -0.3 is 19.1 Å². The van der Waals surface area contributed by atoms with Crippen LogP contribution >= 0.6 is 11.3 Å². The third kappa shape index (κ3) is 5.20. The van der Waals surface area contributed by atoms with Gasteiger partial charge in [0.1, 0.15) is 17.4 Å². The molecule has 1 aliphatic rings. The second-order valence-corrected chi connectivity index (χ2v) is 8.72. The molecule has 178 valence electrons. The average molecular weight is 485 g/mol. The molecule has 0 bridgehead atoms. The van der Waals surface area contributed by atoms with E-state index in [4.69, 9.17) is 14.2 Å². The van der Waals surface area contributed by atoms with Crippen LogP contribution in [0.5, 0.6) is 11.5 Å². The van der Waals surface area contributed by atoms with Crippen LogP contribution in [0.4, 0.5) is 4.39 Å². The Morgan fingerprint density at radius 3 is 2.50 bits per heavy atom. The number of methoxy groups -OCH3 is 2. The van der Waals surface area contributed by atoms with E-state index in [0.717, 1.165) is 10.6 Å². The lowest BCUT2D eigenvalue weighted by atomic mass is 9.96. The molecule has 2 aromatic carbocycles. The SMILES string of the molecule is COc1cccc(-c2nc(COC(=O)C3CCN(C(=O)c4ccc(F)cc4)CC3)cs2)c1OC. The second kappa shape index (κ2) is 10.6. The standard InChI is InChI=1S/C25H25FN2O5S/c1-31-21-5-3-4-20(22(21)32-2)23-27-19(15-34-23)14-33-25(30)17-10-12-28(13-11-17)24(29)16-6-8-18(26)9-7-16/h3-9,15,17H,10-14H2,1-2H3. The van der Waals surface area contributed by atoms with Crippen molar-refractivity contribution in [3.63, 3.8) is 0 Å². The summed E-state index contributed by atoms with van der Waals surface area (Å²) in [4.78, 5) is 31.4. The van der Waals surface area contributed by atoms with Gasteiger partial charge in [-0.2, -0.15) is 0 Å². The monoisotopic (exact) mass is 484 g/mol. The van der Waals surface area contributed by atoms with Gasteiger partial charge in [0, 0.05) is 24.0 Å². The van der Waals surface area contributed by atoms with E-state index in [0.29, 0.717) is 48.7 Å². The molecular formula is C25H25FN2O5S. The van der Waals surface area contributed by atoms with Crippen molar-refractivity contribution in [1.29, 1.82) is 0 Å². The van der Waals surface area contributed by atoms with Gasteiger partial charge in [-0.1, -0.05) is 6.07 Å². The van der Waals surface area contributed by atoms with Gasteiger partial charge in [0.2, 0.25) is 0 Å². The zero-order valence-corrected chi connectivity index (χ0v) is 19.8. The van der Waals surface area contributed by atoms with E-state index in [9.17, 15) is 14.0 Å². The van der Waals surface area contributed by atoms with Crippen LogP contribution in [0.25, 0.3) is 10.6 Å². The number of hydrogen-bond donors (Lipinski definition) is 0. The van der Waals surface area contributed by atoms with Crippen LogP contribution in [-0.4, -0.2) is 49.1 Å². The number of ether oxygens (including phenoxy) is 3. The molecule has 0 N–H and O–H groups in total. The van der Waals surface area contributed by atoms with Crippen molar-refractivity contribution in [2.24, 2.45) is 5.92 Å². The van der Waals surface area contributed by atoms with Crippen LogP contribution < -0.4 is 9.47 Å². The first-order valence-electron chi connectivity index (χ1n) is 10.9. The van der Waals surface area contributed by atoms with E-state index in [1.54, 1.807) is 19.1 Å². The Kier molecular flexibility index (Phi) is 7.42. The quantitative estimate of drug-likeness (QED) is 0.458. The third-order valence-electron chi connectivity index (χ3n) is 5.75. The molecule has 0 saturated carbocycles. The molecule has 1 aliphatic heterocycles. The van der Waals surface area contributed by atoms with Gasteiger partial charge in [-0.3, -0.25) is 9.59 Å². The number of halogens is 1. The molecule has 0 radical (unpaired) electrons. The summed E-state index contributed by atoms with van der Waals surface area (Å²) in [6.45, 7) is 0.981. The summed E-state index contributed by atoms with van der Waals surface area (Å²) in [6.07, 6.45) is 1.05. The summed E-state index contributed by atoms with van der Waals surface area (Å²) in [5.74, 6) is 0.121. The Balaban J connectivity index is 1.30. The van der Waals surface area contributed by atoms with Crippen molar-refractivity contribution in [1.82, 2.24) is 9.88 Å². The lowest BCUT2D eigenvalue weighted by molar-refractivity contribution is -0.151. The lowest BCUT2D eigenvalue weighted by Gasteiger charge is -2.31. The third-order valence-corrected chi connectivity index (χ3v) is 6.68. The molecule has 0 aliphatic carbocycles. The van der Waals surface area contributed by atoms with E-state index in [-0.39, 0.29) is 30.2 Å². The normalized spacial score (nSPS) is 14.0. The first kappa shape index (κ1) is 23.7. The average Bonchev–Trinajstić information content (AvgIpc) is 3.35. The number of rotatable bonds is 7. The number of carbonyl (C=O) groups excluding carboxylic acids is 2. The number of thiazole rings is 1. The molecule has 1 aromatic heterocycles. The van der Waals surface area contributed by atoms with E-state index >= 15 is 0 Å². The fourth-order valence-corrected chi connectivity index (χ4v) is 4.73. The maximum atomic E-state index is 13.1. The number of piperidine rings is 1. The minimum atomic E-state index is -0.382. The van der Waals surface area contributed by atoms with Crippen LogP contribution in [0, 0.1) is 11.7 Å². The Labute approximate surface area is 201 Å². The predicted molar refractivity (Wildman–Crippen MR) is 125 cm³/mol. The Bertz CT molecular complexity index is 1160. The van der Waals surface area contributed by atoms with Gasteiger partial charge in [0.25, 0.3) is 5.91 Å². The van der Waals surface area contributed by atoms with E-state index < -0.39 is 0 Å². The van der Waals surface area contributed by atoms with E-state index in [2.05, 4.69) is 4.98 Å². The molecule has 3 aromatic rings. The first-order chi connectivity index (χ1) is 16.5. The number of para-hydroxylation sites is 1. The molecule has 0 spiro atoms. The van der Waals surface area contributed by atoms with Gasteiger partial charge in [-0.25, -0.2) is 9.37 Å². The summed E-state index contributed by atoms with van der Waals surface area (Å²) in [6, 6.07) is 11.1. The second-order valence-electron chi connectivity index (χ2n) is 7.87. The van der Waals surface area contributed by atoms with Gasteiger partial charge in [0.05, 0.1) is 31.4 Å². The summed E-state index contributed by atoms with van der Waals surface area (Å²) >= 11 is 1.44. The molecule has 0 atom stereocenters. The van der Waals surface area contributed by atoms with Gasteiger partial charge >= 0.3 is 5.97 Å². The van der Waals surface area contributed by atoms with Crippen LogP contribution in [0.2, 0.25) is 0 Å². The molecule has 2 heterocycles. The summed E-state index contributed by atoms with van der Waals surface area (Å²) in [7, 11) is 3.16. The fourth-order valence-electron chi connectivity index (χ4n) is 3.91. The minimum Gasteiger partial charge on any atom is -0.493 e. The van der Waals surface area contributed by atoms with Crippen molar-refractivity contribution in [2.75, 3.05) is 27.3 Å². The number of nitrogens with zero attached hydrogens (tertiary/aromatic N) is 2. The van der Waals surface area contributed by atoms with Crippen LogP contribution in [0.15, 0.2) is 47.8 Å². The summed E-state index contributed by atoms with van der Waals surface area (Å²) in [5, 5.41) is 2.60. The Morgan fingerprint density at radius 2 is 1.82 bits per heavy atom. The van der Waals surface area contributed by atoms with Crippen LogP contribution in [0.1, 0.15) is 28.9 Å². The number of carbonyl (C=O) groups is 2. The van der Waals surface area contributed by atoms with Crippen molar-refractivity contribution in [2.45, 2.75) is 19.4 Å². The zero-order valence-electron chi connectivity index (χ0n) is 19.0. The molecule has 9 heteroatoms. The van der Waals surface area contributed by atoms with Gasteiger partial charge in [0.15, 0.2) is 11.5 Å². The molecule has 4 rings (SSSR count). The molecule has 7 nitrogen and oxygen atoms in total. The fraction of sp³-hybridized carbons (Fsp3) is 0.320. The molecule has 34 heavy (non-hydrogen) atoms. The largest absolute Gasteiger partial charge is 0.493 e. The van der Waals surface area contributed by atoms with Crippen LogP contribution in [0.3, 0.4) is 0 Å².